The van der Waals surface area contributed by atoms with E-state index in [0.29, 0.717) is 0 Å². The molecule has 0 fully saturated rings. The van der Waals surface area contributed by atoms with Crippen LogP contribution in [0, 0.1) is 0 Å². The Balaban J connectivity index is 3.28. The molecule has 0 atom stereocenters. The van der Waals surface area contributed by atoms with E-state index < -0.39 is 0 Å². The van der Waals surface area contributed by atoms with Crippen LogP contribution < -0.4 is 0 Å². The lowest BCUT2D eigenvalue weighted by atomic mass is 10.1. The molecule has 0 aliphatic heterocycles. The summed E-state index contributed by atoms with van der Waals surface area (Å²) in [4.78, 5) is 2.55. The molecule has 1 nitrogen and oxygen atoms in total. The van der Waals surface area contributed by atoms with Crippen LogP contribution in [0.25, 0.3) is 0 Å². The van der Waals surface area contributed by atoms with Crippen LogP contribution in [0.5, 0.6) is 0 Å². The minimum atomic E-state index is 0.719. The molecule has 0 amide bonds. The maximum absolute atomic E-state index is 2.55. The molecule has 0 aromatic rings. The zero-order valence-electron chi connectivity index (χ0n) is 9.97. The van der Waals surface area contributed by atoms with Crippen molar-refractivity contribution in [1.82, 2.24) is 4.90 Å². The van der Waals surface area contributed by atoms with E-state index in [1.165, 1.54) is 45.2 Å². The number of unbranched alkanes of at least 4 members (excludes halogenated alkanes) is 4. The summed E-state index contributed by atoms with van der Waals surface area (Å²) in [5, 5.41) is 0. The third-order valence-corrected chi connectivity index (χ3v) is 2.69. The van der Waals surface area contributed by atoms with Crippen LogP contribution in [0.15, 0.2) is 0 Å². The lowest BCUT2D eigenvalue weighted by Gasteiger charge is -2.24. The predicted octanol–water partition coefficient (Wildman–Crippen LogP) is 3.69. The highest BCUT2D eigenvalue weighted by Gasteiger charge is 2.04. The number of hydrogen-bond acceptors (Lipinski definition) is 1. The average molecular weight is 185 g/mol. The largest absolute Gasteiger partial charge is 0.301 e. The fourth-order valence-electron chi connectivity index (χ4n) is 1.70. The van der Waals surface area contributed by atoms with Gasteiger partial charge in [-0.3, -0.25) is 0 Å². The van der Waals surface area contributed by atoms with Crippen molar-refractivity contribution in [3.05, 3.63) is 0 Å². The van der Waals surface area contributed by atoms with E-state index in [9.17, 15) is 0 Å². The van der Waals surface area contributed by atoms with Crippen molar-refractivity contribution in [2.45, 2.75) is 65.8 Å². The van der Waals surface area contributed by atoms with Gasteiger partial charge < -0.3 is 4.90 Å². The third kappa shape index (κ3) is 7.06. The van der Waals surface area contributed by atoms with Crippen molar-refractivity contribution in [2.24, 2.45) is 0 Å². The molecule has 80 valence electrons. The minimum absolute atomic E-state index is 0.719. The molecule has 0 heterocycles. The first-order valence-electron chi connectivity index (χ1n) is 5.96. The van der Waals surface area contributed by atoms with Gasteiger partial charge in [0.15, 0.2) is 0 Å². The highest BCUT2D eigenvalue weighted by atomic mass is 15.1. The molecule has 0 bridgehead atoms. The maximum Gasteiger partial charge on any atom is 0.00384 e. The van der Waals surface area contributed by atoms with Crippen molar-refractivity contribution in [3.8, 4) is 0 Å². The first kappa shape index (κ1) is 13.0. The minimum Gasteiger partial charge on any atom is -0.301 e. The van der Waals surface area contributed by atoms with Crippen molar-refractivity contribution < 1.29 is 0 Å². The molecular formula is C12H27N. The molecule has 0 aliphatic rings. The summed E-state index contributed by atoms with van der Waals surface area (Å²) in [5.74, 6) is 0. The Morgan fingerprint density at radius 3 is 2.00 bits per heavy atom. The topological polar surface area (TPSA) is 3.24 Å². The molecule has 13 heavy (non-hydrogen) atoms. The van der Waals surface area contributed by atoms with E-state index in [4.69, 9.17) is 0 Å². The smallest absolute Gasteiger partial charge is 0.00384 e. The Morgan fingerprint density at radius 1 is 0.923 bits per heavy atom. The van der Waals surface area contributed by atoms with Crippen molar-refractivity contribution in [2.75, 3.05) is 13.1 Å². The SMILES string of the molecule is CCCCCCCN(CC)C(C)C. The van der Waals surface area contributed by atoms with Gasteiger partial charge in [-0.15, -0.1) is 0 Å². The van der Waals surface area contributed by atoms with E-state index in [-0.39, 0.29) is 0 Å². The molecule has 0 aromatic heterocycles. The second-order valence-corrected chi connectivity index (χ2v) is 4.14. The van der Waals surface area contributed by atoms with Gasteiger partial charge in [0.1, 0.15) is 0 Å². The van der Waals surface area contributed by atoms with Crippen LogP contribution in [0.3, 0.4) is 0 Å². The number of hydrogen-bond donors (Lipinski definition) is 0. The van der Waals surface area contributed by atoms with Gasteiger partial charge in [-0.05, 0) is 33.4 Å². The lowest BCUT2D eigenvalue weighted by molar-refractivity contribution is 0.228. The van der Waals surface area contributed by atoms with Gasteiger partial charge in [0, 0.05) is 6.04 Å². The molecule has 0 unspecified atom stereocenters. The third-order valence-electron chi connectivity index (χ3n) is 2.69. The molecule has 0 aliphatic carbocycles. The average Bonchev–Trinajstić information content (AvgIpc) is 2.10. The highest BCUT2D eigenvalue weighted by molar-refractivity contribution is 4.60. The predicted molar refractivity (Wildman–Crippen MR) is 61.1 cm³/mol. The fourth-order valence-corrected chi connectivity index (χ4v) is 1.70. The Hall–Kier alpha value is -0.0400. The number of nitrogens with zero attached hydrogens (tertiary/aromatic N) is 1. The monoisotopic (exact) mass is 185 g/mol. The summed E-state index contributed by atoms with van der Waals surface area (Å²) in [6.45, 7) is 11.6. The Morgan fingerprint density at radius 2 is 1.54 bits per heavy atom. The molecule has 0 radical (unpaired) electrons. The Bertz CT molecular complexity index is 99.3. The maximum atomic E-state index is 2.55. The molecule has 0 N–H and O–H groups in total. The zero-order valence-corrected chi connectivity index (χ0v) is 9.97. The second-order valence-electron chi connectivity index (χ2n) is 4.14. The van der Waals surface area contributed by atoms with E-state index >= 15 is 0 Å². The summed E-state index contributed by atoms with van der Waals surface area (Å²) in [7, 11) is 0. The summed E-state index contributed by atoms with van der Waals surface area (Å²) in [5.41, 5.74) is 0. The second kappa shape index (κ2) is 8.55. The van der Waals surface area contributed by atoms with Crippen LogP contribution >= 0.6 is 0 Å². The highest BCUT2D eigenvalue weighted by Crippen LogP contribution is 2.05. The van der Waals surface area contributed by atoms with Crippen LogP contribution in [-0.4, -0.2) is 24.0 Å². The summed E-state index contributed by atoms with van der Waals surface area (Å²) in [6, 6.07) is 0.719. The van der Waals surface area contributed by atoms with E-state index in [0.717, 1.165) is 6.04 Å². The van der Waals surface area contributed by atoms with E-state index in [1.54, 1.807) is 0 Å². The Kier molecular flexibility index (Phi) is 8.53. The standard InChI is InChI=1S/C12H27N/c1-5-7-8-9-10-11-13(6-2)12(3)4/h12H,5-11H2,1-4H3. The quantitative estimate of drug-likeness (QED) is 0.521. The van der Waals surface area contributed by atoms with Gasteiger partial charge in [-0.25, -0.2) is 0 Å². The normalized spacial score (nSPS) is 11.5. The molecule has 0 aromatic carbocycles. The van der Waals surface area contributed by atoms with Gasteiger partial charge in [0.25, 0.3) is 0 Å². The van der Waals surface area contributed by atoms with Gasteiger partial charge in [0.05, 0.1) is 0 Å². The van der Waals surface area contributed by atoms with Crippen molar-refractivity contribution >= 4 is 0 Å². The van der Waals surface area contributed by atoms with E-state index in [1.807, 2.05) is 0 Å². The fraction of sp³-hybridized carbons (Fsp3) is 1.00. The van der Waals surface area contributed by atoms with Gasteiger partial charge in [-0.1, -0.05) is 39.5 Å². The lowest BCUT2D eigenvalue weighted by Crippen LogP contribution is -2.31. The molecule has 0 rings (SSSR count). The van der Waals surface area contributed by atoms with Gasteiger partial charge >= 0.3 is 0 Å². The molecule has 0 saturated heterocycles. The van der Waals surface area contributed by atoms with Gasteiger partial charge in [0.2, 0.25) is 0 Å². The van der Waals surface area contributed by atoms with Crippen LogP contribution in [0.2, 0.25) is 0 Å². The Labute approximate surface area is 84.5 Å². The molecular weight excluding hydrogens is 158 g/mol. The first-order valence-corrected chi connectivity index (χ1v) is 5.96. The summed E-state index contributed by atoms with van der Waals surface area (Å²) >= 11 is 0. The summed E-state index contributed by atoms with van der Waals surface area (Å²) < 4.78 is 0. The van der Waals surface area contributed by atoms with Crippen LogP contribution in [0.1, 0.15) is 59.8 Å². The molecule has 0 spiro atoms. The molecule has 1 heteroatoms. The van der Waals surface area contributed by atoms with Crippen molar-refractivity contribution in [1.29, 1.82) is 0 Å². The number of rotatable bonds is 8. The van der Waals surface area contributed by atoms with Crippen LogP contribution in [0.4, 0.5) is 0 Å². The first-order chi connectivity index (χ1) is 6.22. The molecule has 0 saturated carbocycles. The van der Waals surface area contributed by atoms with Crippen LogP contribution in [-0.2, 0) is 0 Å². The van der Waals surface area contributed by atoms with E-state index in [2.05, 4.69) is 32.6 Å². The van der Waals surface area contributed by atoms with Crippen molar-refractivity contribution in [3.63, 3.8) is 0 Å². The zero-order chi connectivity index (χ0) is 10.1. The summed E-state index contributed by atoms with van der Waals surface area (Å²) in [6.07, 6.45) is 6.98. The van der Waals surface area contributed by atoms with Gasteiger partial charge in [-0.2, -0.15) is 0 Å².